The van der Waals surface area contributed by atoms with E-state index >= 15 is 0 Å². The summed E-state index contributed by atoms with van der Waals surface area (Å²) in [5.41, 5.74) is 0.910. The Hall–Kier alpha value is -1.63. The van der Waals surface area contributed by atoms with E-state index < -0.39 is 24.5 Å². The SMILES string of the molecule is COC1C[C@H](NC(=O)OCc2ccccc2)[C@@H](O)[C@@H](CC(C)C)O1. The van der Waals surface area contributed by atoms with E-state index in [4.69, 9.17) is 14.2 Å². The average Bonchev–Trinajstić information content (AvgIpc) is 2.57. The molecule has 1 saturated heterocycles. The van der Waals surface area contributed by atoms with E-state index in [1.54, 1.807) is 7.11 Å². The second-order valence-electron chi connectivity index (χ2n) is 6.51. The summed E-state index contributed by atoms with van der Waals surface area (Å²) >= 11 is 0. The summed E-state index contributed by atoms with van der Waals surface area (Å²) in [6.07, 6.45) is -1.09. The molecule has 1 amide bonds. The van der Waals surface area contributed by atoms with Crippen LogP contribution < -0.4 is 5.32 Å². The maximum atomic E-state index is 12.0. The number of carbonyl (C=O) groups excluding carboxylic acids is 1. The molecule has 134 valence electrons. The molecule has 1 aliphatic rings. The van der Waals surface area contributed by atoms with Crippen LogP contribution in [0.3, 0.4) is 0 Å². The Balaban J connectivity index is 1.89. The number of methoxy groups -OCH3 is 1. The summed E-state index contributed by atoms with van der Waals surface area (Å²) in [5.74, 6) is 0.367. The summed E-state index contributed by atoms with van der Waals surface area (Å²) < 4.78 is 16.2. The van der Waals surface area contributed by atoms with Crippen molar-refractivity contribution in [1.29, 1.82) is 0 Å². The van der Waals surface area contributed by atoms with Crippen LogP contribution in [0.1, 0.15) is 32.3 Å². The number of aliphatic hydroxyl groups is 1. The monoisotopic (exact) mass is 337 g/mol. The van der Waals surface area contributed by atoms with Crippen LogP contribution in [0.25, 0.3) is 0 Å². The van der Waals surface area contributed by atoms with Crippen molar-refractivity contribution in [2.75, 3.05) is 7.11 Å². The molecule has 6 heteroatoms. The molecule has 2 N–H and O–H groups in total. The first kappa shape index (κ1) is 18.7. The van der Waals surface area contributed by atoms with E-state index in [1.165, 1.54) is 0 Å². The highest BCUT2D eigenvalue weighted by Crippen LogP contribution is 2.25. The number of carbonyl (C=O) groups is 1. The third-order valence-electron chi connectivity index (χ3n) is 4.05. The summed E-state index contributed by atoms with van der Waals surface area (Å²) in [6.45, 7) is 4.31. The number of benzene rings is 1. The number of hydrogen-bond acceptors (Lipinski definition) is 5. The number of hydrogen-bond donors (Lipinski definition) is 2. The zero-order valence-corrected chi connectivity index (χ0v) is 14.5. The second-order valence-corrected chi connectivity index (χ2v) is 6.51. The van der Waals surface area contributed by atoms with Crippen molar-refractivity contribution in [3.63, 3.8) is 0 Å². The fourth-order valence-corrected chi connectivity index (χ4v) is 2.81. The normalized spacial score (nSPS) is 27.0. The lowest BCUT2D eigenvalue weighted by molar-refractivity contribution is -0.223. The minimum atomic E-state index is -0.789. The first-order valence-electron chi connectivity index (χ1n) is 8.33. The lowest BCUT2D eigenvalue weighted by Crippen LogP contribution is -2.56. The van der Waals surface area contributed by atoms with Gasteiger partial charge in [0.1, 0.15) is 12.7 Å². The molecule has 1 aromatic carbocycles. The maximum absolute atomic E-state index is 12.0. The van der Waals surface area contributed by atoms with Crippen LogP contribution in [0.5, 0.6) is 0 Å². The molecule has 0 radical (unpaired) electrons. The zero-order chi connectivity index (χ0) is 17.5. The summed E-state index contributed by atoms with van der Waals surface area (Å²) in [4.78, 5) is 12.0. The molecule has 0 spiro atoms. The average molecular weight is 337 g/mol. The maximum Gasteiger partial charge on any atom is 0.407 e. The first-order valence-corrected chi connectivity index (χ1v) is 8.33. The molecular weight excluding hydrogens is 310 g/mol. The van der Waals surface area contributed by atoms with Crippen LogP contribution in [0, 0.1) is 5.92 Å². The molecule has 2 rings (SSSR count). The highest BCUT2D eigenvalue weighted by atomic mass is 16.7. The molecule has 0 aliphatic carbocycles. The van der Waals surface area contributed by atoms with Crippen molar-refractivity contribution in [2.45, 2.75) is 57.8 Å². The molecule has 0 aromatic heterocycles. The number of rotatable bonds is 6. The number of ether oxygens (including phenoxy) is 3. The van der Waals surface area contributed by atoms with Crippen molar-refractivity contribution in [3.8, 4) is 0 Å². The van der Waals surface area contributed by atoms with Gasteiger partial charge in [-0.05, 0) is 17.9 Å². The molecule has 1 heterocycles. The fraction of sp³-hybridized carbons (Fsp3) is 0.611. The minimum Gasteiger partial charge on any atom is -0.445 e. The van der Waals surface area contributed by atoms with Crippen LogP contribution in [0.15, 0.2) is 30.3 Å². The van der Waals surface area contributed by atoms with Crippen molar-refractivity contribution >= 4 is 6.09 Å². The third-order valence-corrected chi connectivity index (χ3v) is 4.05. The molecule has 0 bridgehead atoms. The van der Waals surface area contributed by atoms with Crippen LogP contribution in [0.2, 0.25) is 0 Å². The van der Waals surface area contributed by atoms with Crippen LogP contribution in [-0.2, 0) is 20.8 Å². The highest BCUT2D eigenvalue weighted by Gasteiger charge is 2.39. The largest absolute Gasteiger partial charge is 0.445 e. The van der Waals surface area contributed by atoms with Crippen LogP contribution in [-0.4, -0.2) is 42.8 Å². The van der Waals surface area contributed by atoms with Gasteiger partial charge in [-0.2, -0.15) is 0 Å². The predicted molar refractivity (Wildman–Crippen MR) is 89.3 cm³/mol. The highest BCUT2D eigenvalue weighted by molar-refractivity contribution is 5.67. The minimum absolute atomic E-state index is 0.190. The van der Waals surface area contributed by atoms with Crippen molar-refractivity contribution in [1.82, 2.24) is 5.32 Å². The molecule has 1 unspecified atom stereocenters. The van der Waals surface area contributed by atoms with Gasteiger partial charge in [0.05, 0.1) is 12.1 Å². The van der Waals surface area contributed by atoms with Crippen molar-refractivity contribution in [2.24, 2.45) is 5.92 Å². The van der Waals surface area contributed by atoms with Gasteiger partial charge in [-0.15, -0.1) is 0 Å². The third kappa shape index (κ3) is 5.47. The molecular formula is C18H27NO5. The van der Waals surface area contributed by atoms with Gasteiger partial charge in [-0.25, -0.2) is 4.79 Å². The standard InChI is InChI=1S/C18H27NO5/c1-12(2)9-15-17(20)14(10-16(22-3)24-15)19-18(21)23-11-13-7-5-4-6-8-13/h4-8,12,14-17,20H,9-11H2,1-3H3,(H,19,21)/t14-,15+,16?,17+/m0/s1. The van der Waals surface area contributed by atoms with Crippen molar-refractivity contribution < 1.29 is 24.1 Å². The van der Waals surface area contributed by atoms with Gasteiger partial charge in [0.25, 0.3) is 0 Å². The Kier molecular flexibility index (Phi) is 7.02. The quantitative estimate of drug-likeness (QED) is 0.834. The number of amides is 1. The smallest absolute Gasteiger partial charge is 0.407 e. The van der Waals surface area contributed by atoms with Crippen LogP contribution in [0.4, 0.5) is 4.79 Å². The molecule has 4 atom stereocenters. The predicted octanol–water partition coefficient (Wildman–Crippen LogP) is 2.45. The zero-order valence-electron chi connectivity index (χ0n) is 14.5. The Morgan fingerprint density at radius 3 is 2.71 bits per heavy atom. The number of alkyl carbamates (subject to hydrolysis) is 1. The van der Waals surface area contributed by atoms with Crippen molar-refractivity contribution in [3.05, 3.63) is 35.9 Å². The van der Waals surface area contributed by atoms with E-state index in [-0.39, 0.29) is 12.7 Å². The van der Waals surface area contributed by atoms with Gasteiger partial charge in [0, 0.05) is 13.5 Å². The summed E-state index contributed by atoms with van der Waals surface area (Å²) in [7, 11) is 1.56. The van der Waals surface area contributed by atoms with Gasteiger partial charge < -0.3 is 24.6 Å². The van der Waals surface area contributed by atoms with E-state index in [0.717, 1.165) is 5.56 Å². The van der Waals surface area contributed by atoms with Gasteiger partial charge in [-0.1, -0.05) is 44.2 Å². The second kappa shape index (κ2) is 9.01. The van der Waals surface area contributed by atoms with E-state index in [2.05, 4.69) is 19.2 Å². The topological polar surface area (TPSA) is 77.0 Å². The van der Waals surface area contributed by atoms with Gasteiger partial charge >= 0.3 is 6.09 Å². The van der Waals surface area contributed by atoms with Crippen LogP contribution >= 0.6 is 0 Å². The molecule has 1 aromatic rings. The Morgan fingerprint density at radius 2 is 2.08 bits per heavy atom. The summed E-state index contributed by atoms with van der Waals surface area (Å²) in [6, 6.07) is 8.99. The van der Waals surface area contributed by atoms with Gasteiger partial charge in [-0.3, -0.25) is 0 Å². The van der Waals surface area contributed by atoms with E-state index in [9.17, 15) is 9.90 Å². The van der Waals surface area contributed by atoms with Gasteiger partial charge in [0.15, 0.2) is 6.29 Å². The number of aliphatic hydroxyl groups excluding tert-OH is 1. The van der Waals surface area contributed by atoms with Gasteiger partial charge in [0.2, 0.25) is 0 Å². The lowest BCUT2D eigenvalue weighted by atomic mass is 9.93. The molecule has 0 saturated carbocycles. The fourth-order valence-electron chi connectivity index (χ4n) is 2.81. The van der Waals surface area contributed by atoms with E-state index in [1.807, 2.05) is 30.3 Å². The Labute approximate surface area is 143 Å². The molecule has 1 fully saturated rings. The summed E-state index contributed by atoms with van der Waals surface area (Å²) in [5, 5.41) is 13.2. The molecule has 24 heavy (non-hydrogen) atoms. The Morgan fingerprint density at radius 1 is 1.38 bits per heavy atom. The molecule has 1 aliphatic heterocycles. The lowest BCUT2D eigenvalue weighted by Gasteiger charge is -2.39. The van der Waals surface area contributed by atoms with E-state index in [0.29, 0.717) is 18.8 Å². The first-order chi connectivity index (χ1) is 11.5. The molecule has 6 nitrogen and oxygen atoms in total. The number of nitrogens with one attached hydrogen (secondary N) is 1. The Bertz CT molecular complexity index is 507.